The Hall–Kier alpha value is -2.79. The minimum absolute atomic E-state index is 0.165. The molecule has 4 nitrogen and oxygen atoms in total. The lowest BCUT2D eigenvalue weighted by molar-refractivity contribution is 1.02. The molecule has 0 unspecified atom stereocenters. The van der Waals surface area contributed by atoms with Crippen LogP contribution in [0.2, 0.25) is 0 Å². The molecule has 0 fully saturated rings. The maximum Gasteiger partial charge on any atom is 0.272 e. The topological polar surface area (TPSA) is 58.6 Å². The summed E-state index contributed by atoms with van der Waals surface area (Å²) in [6.07, 6.45) is 1.82. The van der Waals surface area contributed by atoms with Crippen LogP contribution in [-0.2, 0) is 0 Å². The number of thiophene rings is 1. The number of nitrogens with zero attached hydrogens (tertiary/aromatic N) is 2. The van der Waals surface area contributed by atoms with Crippen molar-refractivity contribution in [1.82, 2.24) is 15.2 Å². The second-order valence-electron chi connectivity index (χ2n) is 5.33. The number of rotatable bonds is 2. The number of nitrogens with one attached hydrogen (secondary N) is 1. The molecular weight excluding hydrogens is 306 g/mol. The summed E-state index contributed by atoms with van der Waals surface area (Å²) in [6.45, 7) is 2.05. The third-order valence-electron chi connectivity index (χ3n) is 3.70. The highest BCUT2D eigenvalue weighted by molar-refractivity contribution is 7.18. The fourth-order valence-electron chi connectivity index (χ4n) is 2.58. The first-order valence-electron chi connectivity index (χ1n) is 7.23. The van der Waals surface area contributed by atoms with Crippen molar-refractivity contribution in [1.29, 1.82) is 0 Å². The largest absolute Gasteiger partial charge is 0.272 e. The van der Waals surface area contributed by atoms with Gasteiger partial charge in [0, 0.05) is 11.6 Å². The molecule has 0 bridgehead atoms. The van der Waals surface area contributed by atoms with Gasteiger partial charge in [0.05, 0.1) is 20.8 Å². The Morgan fingerprint density at radius 3 is 2.61 bits per heavy atom. The standard InChI is InChI=1S/C18H13N3OS/c1-11-8-9-19-14(10-11)15-6-7-16(23-15)17-12-4-2-3-5-13(12)18(22)21-20-17/h2-10H,1H3,(H,21,22). The fraction of sp³-hybridized carbons (Fsp3) is 0.0556. The molecule has 1 N–H and O–H groups in total. The lowest BCUT2D eigenvalue weighted by Gasteiger charge is -2.02. The van der Waals surface area contributed by atoms with Gasteiger partial charge in [-0.15, -0.1) is 11.3 Å². The lowest BCUT2D eigenvalue weighted by atomic mass is 10.1. The molecule has 0 saturated carbocycles. The van der Waals surface area contributed by atoms with E-state index in [4.69, 9.17) is 0 Å². The summed E-state index contributed by atoms with van der Waals surface area (Å²) in [5, 5.41) is 8.36. The van der Waals surface area contributed by atoms with E-state index in [1.165, 1.54) is 5.56 Å². The van der Waals surface area contributed by atoms with Gasteiger partial charge in [-0.2, -0.15) is 5.10 Å². The molecule has 0 spiro atoms. The summed E-state index contributed by atoms with van der Waals surface area (Å²) >= 11 is 1.62. The molecule has 0 radical (unpaired) electrons. The number of hydrogen-bond donors (Lipinski definition) is 1. The quantitative estimate of drug-likeness (QED) is 0.607. The zero-order valence-corrected chi connectivity index (χ0v) is 13.2. The molecule has 0 aliphatic heterocycles. The van der Waals surface area contributed by atoms with Crippen molar-refractivity contribution < 1.29 is 0 Å². The molecule has 23 heavy (non-hydrogen) atoms. The van der Waals surface area contributed by atoms with Gasteiger partial charge < -0.3 is 0 Å². The molecule has 1 aromatic carbocycles. The van der Waals surface area contributed by atoms with Crippen LogP contribution in [0.1, 0.15) is 5.56 Å². The number of aromatic amines is 1. The Morgan fingerprint density at radius 1 is 1.00 bits per heavy atom. The van der Waals surface area contributed by atoms with Crippen LogP contribution in [0.4, 0.5) is 0 Å². The van der Waals surface area contributed by atoms with E-state index in [2.05, 4.69) is 28.2 Å². The number of benzene rings is 1. The van der Waals surface area contributed by atoms with Gasteiger partial charge in [-0.25, -0.2) is 5.10 Å². The number of pyridine rings is 1. The molecule has 0 atom stereocenters. The normalized spacial score (nSPS) is 11.0. The minimum Gasteiger partial charge on any atom is -0.267 e. The van der Waals surface area contributed by atoms with Crippen molar-refractivity contribution >= 4 is 22.1 Å². The van der Waals surface area contributed by atoms with Crippen LogP contribution in [0.25, 0.3) is 31.9 Å². The van der Waals surface area contributed by atoms with E-state index in [1.807, 2.05) is 48.7 Å². The summed E-state index contributed by atoms with van der Waals surface area (Å²) in [5.74, 6) is 0. The Kier molecular flexibility index (Phi) is 3.28. The van der Waals surface area contributed by atoms with E-state index in [0.717, 1.165) is 26.5 Å². The molecule has 5 heteroatoms. The van der Waals surface area contributed by atoms with E-state index in [-0.39, 0.29) is 5.56 Å². The van der Waals surface area contributed by atoms with Gasteiger partial charge in [-0.3, -0.25) is 9.78 Å². The van der Waals surface area contributed by atoms with Crippen LogP contribution >= 0.6 is 11.3 Å². The highest BCUT2D eigenvalue weighted by atomic mass is 32.1. The fourth-order valence-corrected chi connectivity index (χ4v) is 3.55. The average molecular weight is 319 g/mol. The number of H-pyrrole nitrogens is 1. The molecule has 0 aliphatic rings. The Balaban J connectivity index is 1.87. The minimum atomic E-state index is -0.165. The van der Waals surface area contributed by atoms with Crippen LogP contribution in [0, 0.1) is 6.92 Å². The van der Waals surface area contributed by atoms with Crippen molar-refractivity contribution in [2.75, 3.05) is 0 Å². The second-order valence-corrected chi connectivity index (χ2v) is 6.41. The van der Waals surface area contributed by atoms with Crippen LogP contribution in [0.3, 0.4) is 0 Å². The van der Waals surface area contributed by atoms with E-state index >= 15 is 0 Å². The van der Waals surface area contributed by atoms with E-state index in [9.17, 15) is 4.79 Å². The molecule has 0 saturated heterocycles. The van der Waals surface area contributed by atoms with Crippen molar-refractivity contribution in [3.8, 4) is 21.1 Å². The lowest BCUT2D eigenvalue weighted by Crippen LogP contribution is -2.08. The van der Waals surface area contributed by atoms with Gasteiger partial charge in [-0.05, 0) is 42.8 Å². The first-order chi connectivity index (χ1) is 11.2. The van der Waals surface area contributed by atoms with Crippen molar-refractivity contribution in [3.63, 3.8) is 0 Å². The Bertz CT molecular complexity index is 1070. The number of hydrogen-bond acceptors (Lipinski definition) is 4. The Morgan fingerprint density at radius 2 is 1.78 bits per heavy atom. The maximum absolute atomic E-state index is 11.9. The van der Waals surface area contributed by atoms with Gasteiger partial charge >= 0.3 is 0 Å². The predicted molar refractivity (Wildman–Crippen MR) is 93.6 cm³/mol. The Labute approximate surface area is 136 Å². The van der Waals surface area contributed by atoms with E-state index < -0.39 is 0 Å². The SMILES string of the molecule is Cc1ccnc(-c2ccc(-c3n[nH]c(=O)c4ccccc34)s2)c1. The molecule has 3 aromatic heterocycles. The summed E-state index contributed by atoms with van der Waals surface area (Å²) < 4.78 is 0. The van der Waals surface area contributed by atoms with Crippen molar-refractivity contribution in [3.05, 3.63) is 70.6 Å². The second kappa shape index (κ2) is 5.44. The zero-order valence-electron chi connectivity index (χ0n) is 12.4. The van der Waals surface area contributed by atoms with Gasteiger partial charge in [0.1, 0.15) is 5.69 Å². The monoisotopic (exact) mass is 319 g/mol. The molecule has 112 valence electrons. The smallest absolute Gasteiger partial charge is 0.267 e. The van der Waals surface area contributed by atoms with Crippen LogP contribution < -0.4 is 5.56 Å². The van der Waals surface area contributed by atoms with Gasteiger partial charge in [0.15, 0.2) is 0 Å². The first-order valence-corrected chi connectivity index (χ1v) is 8.05. The molecule has 4 rings (SSSR count). The van der Waals surface area contributed by atoms with Crippen LogP contribution in [0.15, 0.2) is 59.5 Å². The third kappa shape index (κ3) is 2.45. The van der Waals surface area contributed by atoms with Crippen molar-refractivity contribution in [2.24, 2.45) is 0 Å². The predicted octanol–water partition coefficient (Wildman–Crippen LogP) is 4.02. The zero-order chi connectivity index (χ0) is 15.8. The van der Waals surface area contributed by atoms with Gasteiger partial charge in [0.2, 0.25) is 0 Å². The van der Waals surface area contributed by atoms with Gasteiger partial charge in [-0.1, -0.05) is 18.2 Å². The summed E-state index contributed by atoms with van der Waals surface area (Å²) in [7, 11) is 0. The number of aryl methyl sites for hydroxylation is 1. The maximum atomic E-state index is 11.9. The molecular formula is C18H13N3OS. The van der Waals surface area contributed by atoms with Gasteiger partial charge in [0.25, 0.3) is 5.56 Å². The van der Waals surface area contributed by atoms with Crippen LogP contribution in [0.5, 0.6) is 0 Å². The molecule has 0 amide bonds. The molecule has 4 aromatic rings. The van der Waals surface area contributed by atoms with Crippen molar-refractivity contribution in [2.45, 2.75) is 6.92 Å². The first kappa shape index (κ1) is 13.8. The van der Waals surface area contributed by atoms with Crippen LogP contribution in [-0.4, -0.2) is 15.2 Å². The van der Waals surface area contributed by atoms with E-state index in [1.54, 1.807) is 11.3 Å². The summed E-state index contributed by atoms with van der Waals surface area (Å²) in [4.78, 5) is 18.4. The summed E-state index contributed by atoms with van der Waals surface area (Å²) in [6, 6.07) is 15.6. The highest BCUT2D eigenvalue weighted by Crippen LogP contribution is 2.35. The van der Waals surface area contributed by atoms with E-state index in [0.29, 0.717) is 5.39 Å². The summed E-state index contributed by atoms with van der Waals surface area (Å²) in [5.41, 5.74) is 2.76. The average Bonchev–Trinajstić information content (AvgIpc) is 3.05. The third-order valence-corrected chi connectivity index (χ3v) is 4.82. The highest BCUT2D eigenvalue weighted by Gasteiger charge is 2.12. The molecule has 0 aliphatic carbocycles. The molecule has 3 heterocycles. The number of fused-ring (bicyclic) bond motifs is 1. The number of aromatic nitrogens is 3.